The zero-order valence-corrected chi connectivity index (χ0v) is 15.1. The van der Waals surface area contributed by atoms with Crippen LogP contribution in [0.25, 0.3) is 0 Å². The van der Waals surface area contributed by atoms with Gasteiger partial charge in [-0.15, -0.1) is 0 Å². The third kappa shape index (κ3) is 9.55. The Hall–Kier alpha value is -0.0400. The highest BCUT2D eigenvalue weighted by molar-refractivity contribution is 4.73. The van der Waals surface area contributed by atoms with E-state index in [9.17, 15) is 0 Å². The van der Waals surface area contributed by atoms with Crippen molar-refractivity contribution in [3.05, 3.63) is 0 Å². The van der Waals surface area contributed by atoms with Crippen molar-refractivity contribution in [3.8, 4) is 0 Å². The summed E-state index contributed by atoms with van der Waals surface area (Å²) in [6, 6.07) is 0.797. The lowest BCUT2D eigenvalue weighted by Crippen LogP contribution is -2.31. The van der Waals surface area contributed by atoms with Crippen molar-refractivity contribution < 1.29 is 0 Å². The molecule has 0 aromatic rings. The van der Waals surface area contributed by atoms with Crippen LogP contribution < -0.4 is 5.32 Å². The van der Waals surface area contributed by atoms with Crippen molar-refractivity contribution in [1.82, 2.24) is 5.32 Å². The van der Waals surface area contributed by atoms with Gasteiger partial charge in [-0.2, -0.15) is 0 Å². The highest BCUT2D eigenvalue weighted by atomic mass is 14.9. The van der Waals surface area contributed by atoms with E-state index in [2.05, 4.69) is 26.1 Å². The molecule has 0 amide bonds. The summed E-state index contributed by atoms with van der Waals surface area (Å²) in [6.07, 6.45) is 18.5. The molecule has 1 N–H and O–H groups in total. The van der Waals surface area contributed by atoms with Crippen LogP contribution in [0.5, 0.6) is 0 Å². The van der Waals surface area contributed by atoms with Gasteiger partial charge in [0.1, 0.15) is 0 Å². The van der Waals surface area contributed by atoms with Gasteiger partial charge in [-0.25, -0.2) is 0 Å². The second-order valence-corrected chi connectivity index (χ2v) is 7.56. The van der Waals surface area contributed by atoms with Crippen molar-refractivity contribution in [2.24, 2.45) is 11.8 Å². The van der Waals surface area contributed by atoms with Gasteiger partial charge in [0.05, 0.1) is 0 Å². The molecule has 1 heteroatoms. The van der Waals surface area contributed by atoms with E-state index in [1.807, 2.05) is 0 Å². The molecule has 0 spiro atoms. The molecule has 1 saturated carbocycles. The first-order chi connectivity index (χ1) is 10.3. The van der Waals surface area contributed by atoms with E-state index in [0.29, 0.717) is 0 Å². The molecule has 0 bridgehead atoms. The Morgan fingerprint density at radius 1 is 0.857 bits per heavy atom. The van der Waals surface area contributed by atoms with Crippen molar-refractivity contribution in [2.45, 2.75) is 110 Å². The smallest absolute Gasteiger partial charge is 0.00670 e. The van der Waals surface area contributed by atoms with Gasteiger partial charge in [0, 0.05) is 6.04 Å². The van der Waals surface area contributed by atoms with Crippen LogP contribution in [0, 0.1) is 11.8 Å². The van der Waals surface area contributed by atoms with Gasteiger partial charge in [-0.3, -0.25) is 0 Å². The summed E-state index contributed by atoms with van der Waals surface area (Å²) >= 11 is 0. The highest BCUT2D eigenvalue weighted by Crippen LogP contribution is 2.30. The maximum atomic E-state index is 3.90. The van der Waals surface area contributed by atoms with E-state index in [0.717, 1.165) is 17.9 Å². The van der Waals surface area contributed by atoms with Crippen LogP contribution in [0.3, 0.4) is 0 Å². The second kappa shape index (κ2) is 12.5. The topological polar surface area (TPSA) is 12.0 Å². The largest absolute Gasteiger partial charge is 0.314 e. The van der Waals surface area contributed by atoms with Gasteiger partial charge in [0.25, 0.3) is 0 Å². The summed E-state index contributed by atoms with van der Waals surface area (Å²) in [5.41, 5.74) is 0. The summed E-state index contributed by atoms with van der Waals surface area (Å²) in [4.78, 5) is 0. The van der Waals surface area contributed by atoms with Crippen LogP contribution in [-0.4, -0.2) is 12.6 Å². The van der Waals surface area contributed by atoms with E-state index in [1.54, 1.807) is 0 Å². The summed E-state index contributed by atoms with van der Waals surface area (Å²) < 4.78 is 0. The summed E-state index contributed by atoms with van der Waals surface area (Å²) in [5, 5.41) is 3.90. The maximum absolute atomic E-state index is 3.90. The van der Waals surface area contributed by atoms with Gasteiger partial charge in [0.2, 0.25) is 0 Å². The molecule has 0 heterocycles. The van der Waals surface area contributed by atoms with Crippen LogP contribution in [0.2, 0.25) is 0 Å². The SMILES string of the molecule is CCCCCC(CCCCC)NCCC1CCC(C)CC1. The third-order valence-corrected chi connectivity index (χ3v) is 5.43. The van der Waals surface area contributed by atoms with Crippen molar-refractivity contribution >= 4 is 0 Å². The molecule has 1 nitrogen and oxygen atoms in total. The predicted molar refractivity (Wildman–Crippen MR) is 95.8 cm³/mol. The predicted octanol–water partition coefficient (Wildman–Crippen LogP) is 6.32. The molecule has 0 aromatic heterocycles. The van der Waals surface area contributed by atoms with Crippen LogP contribution in [0.15, 0.2) is 0 Å². The molecule has 0 unspecified atom stereocenters. The quantitative estimate of drug-likeness (QED) is 0.415. The fourth-order valence-corrected chi connectivity index (χ4v) is 3.74. The number of hydrogen-bond donors (Lipinski definition) is 1. The minimum Gasteiger partial charge on any atom is -0.314 e. The van der Waals surface area contributed by atoms with Crippen LogP contribution in [0.1, 0.15) is 104 Å². The first-order valence-electron chi connectivity index (χ1n) is 9.99. The Kier molecular flexibility index (Phi) is 11.3. The average Bonchev–Trinajstić information content (AvgIpc) is 2.49. The minimum absolute atomic E-state index is 0.797. The first-order valence-corrected chi connectivity index (χ1v) is 9.99. The molecular formula is C20H41N. The Bertz CT molecular complexity index is 208. The molecule has 1 aliphatic carbocycles. The van der Waals surface area contributed by atoms with E-state index in [1.165, 1.54) is 90.0 Å². The number of rotatable bonds is 12. The molecule has 0 saturated heterocycles. The molecule has 0 atom stereocenters. The normalized spacial score (nSPS) is 22.9. The lowest BCUT2D eigenvalue weighted by molar-refractivity contribution is 0.270. The van der Waals surface area contributed by atoms with Crippen molar-refractivity contribution in [2.75, 3.05) is 6.54 Å². The fourth-order valence-electron chi connectivity index (χ4n) is 3.74. The van der Waals surface area contributed by atoms with Gasteiger partial charge >= 0.3 is 0 Å². The van der Waals surface area contributed by atoms with Crippen molar-refractivity contribution in [3.63, 3.8) is 0 Å². The lowest BCUT2D eigenvalue weighted by atomic mass is 9.81. The summed E-state index contributed by atoms with van der Waals surface area (Å²) in [7, 11) is 0. The standard InChI is InChI=1S/C20H41N/c1-4-6-8-10-20(11-9-7-5-2)21-17-16-19-14-12-18(3)13-15-19/h18-21H,4-17H2,1-3H3. The number of hydrogen-bond acceptors (Lipinski definition) is 1. The van der Waals surface area contributed by atoms with Gasteiger partial charge < -0.3 is 5.32 Å². The molecule has 1 rings (SSSR count). The number of nitrogens with one attached hydrogen (secondary N) is 1. The molecule has 126 valence electrons. The number of unbranched alkanes of at least 4 members (excludes halogenated alkanes) is 4. The zero-order chi connectivity index (χ0) is 15.3. The fraction of sp³-hybridized carbons (Fsp3) is 1.00. The lowest BCUT2D eigenvalue weighted by Gasteiger charge is -2.27. The van der Waals surface area contributed by atoms with Gasteiger partial charge in [-0.1, -0.05) is 85.0 Å². The van der Waals surface area contributed by atoms with Crippen LogP contribution in [0.4, 0.5) is 0 Å². The third-order valence-electron chi connectivity index (χ3n) is 5.43. The Labute approximate surface area is 134 Å². The highest BCUT2D eigenvalue weighted by Gasteiger charge is 2.18. The maximum Gasteiger partial charge on any atom is 0.00670 e. The molecule has 1 aliphatic rings. The molecule has 0 radical (unpaired) electrons. The minimum atomic E-state index is 0.797. The summed E-state index contributed by atoms with van der Waals surface area (Å²) in [6.45, 7) is 8.31. The van der Waals surface area contributed by atoms with Crippen LogP contribution >= 0.6 is 0 Å². The zero-order valence-electron chi connectivity index (χ0n) is 15.1. The second-order valence-electron chi connectivity index (χ2n) is 7.56. The monoisotopic (exact) mass is 295 g/mol. The summed E-state index contributed by atoms with van der Waals surface area (Å²) in [5.74, 6) is 2.01. The molecular weight excluding hydrogens is 254 g/mol. The molecule has 0 aliphatic heterocycles. The van der Waals surface area contributed by atoms with E-state index < -0.39 is 0 Å². The van der Waals surface area contributed by atoms with Crippen LogP contribution in [-0.2, 0) is 0 Å². The van der Waals surface area contributed by atoms with E-state index in [-0.39, 0.29) is 0 Å². The van der Waals surface area contributed by atoms with E-state index in [4.69, 9.17) is 0 Å². The molecule has 21 heavy (non-hydrogen) atoms. The molecule has 1 fully saturated rings. The Morgan fingerprint density at radius 2 is 1.43 bits per heavy atom. The molecule has 0 aromatic carbocycles. The first kappa shape index (κ1) is 19.0. The Morgan fingerprint density at radius 3 is 1.95 bits per heavy atom. The van der Waals surface area contributed by atoms with Gasteiger partial charge in [0.15, 0.2) is 0 Å². The van der Waals surface area contributed by atoms with Crippen molar-refractivity contribution in [1.29, 1.82) is 0 Å². The van der Waals surface area contributed by atoms with Gasteiger partial charge in [-0.05, 0) is 37.6 Å². The Balaban J connectivity index is 2.14. The average molecular weight is 296 g/mol. The van der Waals surface area contributed by atoms with E-state index >= 15 is 0 Å².